The minimum atomic E-state index is 0.332. The van der Waals surface area contributed by atoms with Crippen LogP contribution in [-0.2, 0) is 6.61 Å². The summed E-state index contributed by atoms with van der Waals surface area (Å²) in [4.78, 5) is 0. The van der Waals surface area contributed by atoms with E-state index in [-0.39, 0.29) is 0 Å². The molecule has 0 fully saturated rings. The van der Waals surface area contributed by atoms with Crippen molar-refractivity contribution in [1.82, 2.24) is 0 Å². The highest BCUT2D eigenvalue weighted by Gasteiger charge is 2.13. The van der Waals surface area contributed by atoms with Gasteiger partial charge in [-0.2, -0.15) is 5.26 Å². The molecule has 0 saturated carbocycles. The molecule has 0 bridgehead atoms. The molecule has 2 rings (SSSR count). The zero-order chi connectivity index (χ0) is 16.1. The molecule has 2 aromatic rings. The standard InChI is InChI=1S/C16H12Cl2INO2/c1-2-21-15-7-11(8-20)6-14(19)16(15)22-9-10-3-4-12(17)13(18)5-10/h3-7H,2,9H2,1H3. The first-order valence-corrected chi connectivity index (χ1v) is 8.31. The number of hydrogen-bond acceptors (Lipinski definition) is 3. The van der Waals surface area contributed by atoms with E-state index in [4.69, 9.17) is 37.9 Å². The van der Waals surface area contributed by atoms with Crippen molar-refractivity contribution in [2.75, 3.05) is 6.61 Å². The largest absolute Gasteiger partial charge is 0.490 e. The van der Waals surface area contributed by atoms with Gasteiger partial charge in [-0.05, 0) is 53.3 Å². The van der Waals surface area contributed by atoms with Gasteiger partial charge in [0.1, 0.15) is 6.61 Å². The summed E-state index contributed by atoms with van der Waals surface area (Å²) >= 11 is 14.0. The molecule has 0 aliphatic rings. The summed E-state index contributed by atoms with van der Waals surface area (Å²) < 4.78 is 12.2. The molecule has 0 unspecified atom stereocenters. The zero-order valence-corrected chi connectivity index (χ0v) is 15.4. The molecule has 0 radical (unpaired) electrons. The van der Waals surface area contributed by atoms with Gasteiger partial charge in [-0.3, -0.25) is 0 Å². The Morgan fingerprint density at radius 2 is 1.91 bits per heavy atom. The lowest BCUT2D eigenvalue weighted by Crippen LogP contribution is -2.02. The van der Waals surface area contributed by atoms with Crippen LogP contribution in [-0.4, -0.2) is 6.61 Å². The number of ether oxygens (including phenoxy) is 2. The molecular formula is C16H12Cl2INO2. The second-order valence-electron chi connectivity index (χ2n) is 4.37. The smallest absolute Gasteiger partial charge is 0.175 e. The summed E-state index contributed by atoms with van der Waals surface area (Å²) in [5, 5.41) is 10.0. The number of hydrogen-bond donors (Lipinski definition) is 0. The lowest BCUT2D eigenvalue weighted by Gasteiger charge is -2.14. The zero-order valence-electron chi connectivity index (χ0n) is 11.7. The van der Waals surface area contributed by atoms with E-state index in [1.54, 1.807) is 24.3 Å². The molecule has 0 aromatic heterocycles. The third-order valence-electron chi connectivity index (χ3n) is 2.81. The number of nitrogens with zero attached hydrogens (tertiary/aromatic N) is 1. The Morgan fingerprint density at radius 3 is 2.55 bits per heavy atom. The maximum absolute atomic E-state index is 9.03. The monoisotopic (exact) mass is 447 g/mol. The van der Waals surface area contributed by atoms with Gasteiger partial charge in [-0.15, -0.1) is 0 Å². The fraction of sp³-hybridized carbons (Fsp3) is 0.188. The fourth-order valence-corrected chi connectivity index (χ4v) is 2.90. The minimum Gasteiger partial charge on any atom is -0.490 e. The van der Waals surface area contributed by atoms with E-state index in [1.807, 2.05) is 13.0 Å². The van der Waals surface area contributed by atoms with Gasteiger partial charge in [-0.25, -0.2) is 0 Å². The molecule has 0 heterocycles. The lowest BCUT2D eigenvalue weighted by atomic mass is 10.2. The molecule has 0 atom stereocenters. The van der Waals surface area contributed by atoms with E-state index >= 15 is 0 Å². The number of halogens is 3. The fourth-order valence-electron chi connectivity index (χ4n) is 1.82. The summed E-state index contributed by atoms with van der Waals surface area (Å²) in [6, 6.07) is 10.9. The van der Waals surface area contributed by atoms with E-state index in [0.717, 1.165) is 9.13 Å². The van der Waals surface area contributed by atoms with Crippen LogP contribution in [0.5, 0.6) is 11.5 Å². The third-order valence-corrected chi connectivity index (χ3v) is 4.35. The maximum Gasteiger partial charge on any atom is 0.175 e. The Balaban J connectivity index is 2.24. The van der Waals surface area contributed by atoms with Gasteiger partial charge in [-0.1, -0.05) is 29.3 Å². The second-order valence-corrected chi connectivity index (χ2v) is 6.34. The molecule has 0 aliphatic carbocycles. The molecule has 22 heavy (non-hydrogen) atoms. The highest BCUT2D eigenvalue weighted by atomic mass is 127. The van der Waals surface area contributed by atoms with E-state index in [9.17, 15) is 0 Å². The van der Waals surface area contributed by atoms with Gasteiger partial charge < -0.3 is 9.47 Å². The predicted molar refractivity (Wildman–Crippen MR) is 95.8 cm³/mol. The van der Waals surface area contributed by atoms with Crippen LogP contribution in [0.4, 0.5) is 0 Å². The molecule has 0 amide bonds. The van der Waals surface area contributed by atoms with Crippen LogP contribution < -0.4 is 9.47 Å². The summed E-state index contributed by atoms with van der Waals surface area (Å²) in [7, 11) is 0. The van der Waals surface area contributed by atoms with Crippen molar-refractivity contribution in [2.45, 2.75) is 13.5 Å². The Labute approximate surface area is 152 Å². The predicted octanol–water partition coefficient (Wildman–Crippen LogP) is 5.45. The van der Waals surface area contributed by atoms with E-state index in [2.05, 4.69) is 28.7 Å². The van der Waals surface area contributed by atoms with Gasteiger partial charge in [0.2, 0.25) is 0 Å². The Morgan fingerprint density at radius 1 is 1.14 bits per heavy atom. The van der Waals surface area contributed by atoms with Crippen molar-refractivity contribution >= 4 is 45.8 Å². The average molecular weight is 448 g/mol. The normalized spacial score (nSPS) is 10.1. The summed E-state index contributed by atoms with van der Waals surface area (Å²) in [6.45, 7) is 2.71. The topological polar surface area (TPSA) is 42.2 Å². The van der Waals surface area contributed by atoms with Crippen LogP contribution in [0.1, 0.15) is 18.1 Å². The summed E-state index contributed by atoms with van der Waals surface area (Å²) in [5.74, 6) is 1.18. The Hall–Kier alpha value is -1.16. The van der Waals surface area contributed by atoms with Gasteiger partial charge in [0, 0.05) is 6.07 Å². The Kier molecular flexibility index (Phi) is 6.18. The van der Waals surface area contributed by atoms with Crippen molar-refractivity contribution in [1.29, 1.82) is 5.26 Å². The molecule has 3 nitrogen and oxygen atoms in total. The van der Waals surface area contributed by atoms with Crippen molar-refractivity contribution in [2.24, 2.45) is 0 Å². The molecule has 0 saturated heterocycles. The highest BCUT2D eigenvalue weighted by Crippen LogP contribution is 2.35. The average Bonchev–Trinajstić information content (AvgIpc) is 2.50. The van der Waals surface area contributed by atoms with Crippen LogP contribution in [0.2, 0.25) is 10.0 Å². The lowest BCUT2D eigenvalue weighted by molar-refractivity contribution is 0.267. The van der Waals surface area contributed by atoms with E-state index in [1.165, 1.54) is 0 Å². The van der Waals surface area contributed by atoms with Crippen LogP contribution in [0.15, 0.2) is 30.3 Å². The molecule has 0 spiro atoms. The second kappa shape index (κ2) is 7.91. The number of benzene rings is 2. The van der Waals surface area contributed by atoms with Gasteiger partial charge >= 0.3 is 0 Å². The first-order chi connectivity index (χ1) is 10.5. The van der Waals surface area contributed by atoms with Crippen molar-refractivity contribution in [3.05, 3.63) is 55.1 Å². The number of rotatable bonds is 5. The van der Waals surface area contributed by atoms with Crippen LogP contribution in [0.3, 0.4) is 0 Å². The highest BCUT2D eigenvalue weighted by molar-refractivity contribution is 14.1. The molecule has 0 N–H and O–H groups in total. The van der Waals surface area contributed by atoms with Crippen molar-refractivity contribution < 1.29 is 9.47 Å². The van der Waals surface area contributed by atoms with E-state index < -0.39 is 0 Å². The third kappa shape index (κ3) is 4.19. The van der Waals surface area contributed by atoms with Crippen LogP contribution >= 0.6 is 45.8 Å². The first kappa shape index (κ1) is 17.2. The van der Waals surface area contributed by atoms with Gasteiger partial charge in [0.15, 0.2) is 11.5 Å². The maximum atomic E-state index is 9.03. The Bertz CT molecular complexity index is 729. The van der Waals surface area contributed by atoms with Crippen LogP contribution in [0.25, 0.3) is 0 Å². The quantitative estimate of drug-likeness (QED) is 0.572. The summed E-state index contributed by atoms with van der Waals surface area (Å²) in [5.41, 5.74) is 1.44. The molecule has 6 heteroatoms. The SMILES string of the molecule is CCOc1cc(C#N)cc(I)c1OCc1ccc(Cl)c(Cl)c1. The minimum absolute atomic E-state index is 0.332. The summed E-state index contributed by atoms with van der Waals surface area (Å²) in [6.07, 6.45) is 0. The molecule has 114 valence electrons. The molecular weight excluding hydrogens is 436 g/mol. The first-order valence-electron chi connectivity index (χ1n) is 6.48. The van der Waals surface area contributed by atoms with Gasteiger partial charge in [0.05, 0.1) is 31.9 Å². The molecule has 2 aromatic carbocycles. The van der Waals surface area contributed by atoms with Crippen molar-refractivity contribution in [3.63, 3.8) is 0 Å². The van der Waals surface area contributed by atoms with E-state index in [0.29, 0.717) is 40.3 Å². The molecule has 0 aliphatic heterocycles. The van der Waals surface area contributed by atoms with Crippen molar-refractivity contribution in [3.8, 4) is 17.6 Å². The number of nitriles is 1. The van der Waals surface area contributed by atoms with Crippen LogP contribution in [0, 0.1) is 14.9 Å². The van der Waals surface area contributed by atoms with Gasteiger partial charge in [0.25, 0.3) is 0 Å².